The van der Waals surface area contributed by atoms with Crippen molar-refractivity contribution >= 4 is 40.0 Å². The van der Waals surface area contributed by atoms with Crippen LogP contribution in [0.3, 0.4) is 0 Å². The van der Waals surface area contributed by atoms with E-state index in [9.17, 15) is 24.3 Å². The van der Waals surface area contributed by atoms with E-state index in [0.29, 0.717) is 27.5 Å². The third-order valence-corrected chi connectivity index (χ3v) is 5.72. The predicted octanol–water partition coefficient (Wildman–Crippen LogP) is 3.06. The highest BCUT2D eigenvalue weighted by Gasteiger charge is 2.19. The number of hydrogen-bond acceptors (Lipinski definition) is 6. The van der Waals surface area contributed by atoms with Gasteiger partial charge in [-0.05, 0) is 48.0 Å². The van der Waals surface area contributed by atoms with E-state index in [2.05, 4.69) is 10.9 Å². The molecular weight excluding hydrogens is 460 g/mol. The van der Waals surface area contributed by atoms with Crippen molar-refractivity contribution < 1.29 is 19.1 Å². The Morgan fingerprint density at radius 3 is 2.33 bits per heavy atom. The number of benzene rings is 4. The summed E-state index contributed by atoms with van der Waals surface area (Å²) in [7, 11) is 0. The third-order valence-electron chi connectivity index (χ3n) is 5.72. The Hall–Kier alpha value is -5.24. The van der Waals surface area contributed by atoms with Gasteiger partial charge in [-0.2, -0.15) is 0 Å². The molecule has 8 heteroatoms. The van der Waals surface area contributed by atoms with Crippen LogP contribution in [0, 0.1) is 0 Å². The monoisotopic (exact) mass is 478 g/mol. The van der Waals surface area contributed by atoms with Crippen LogP contribution in [0.25, 0.3) is 39.3 Å². The summed E-state index contributed by atoms with van der Waals surface area (Å²) in [6, 6.07) is 22.1. The first-order valence-electron chi connectivity index (χ1n) is 10.9. The zero-order valence-electron chi connectivity index (χ0n) is 18.6. The van der Waals surface area contributed by atoms with E-state index in [1.165, 1.54) is 30.5 Å². The number of fused-ring (bicyclic) bond motifs is 2. The lowest BCUT2D eigenvalue weighted by Crippen LogP contribution is -2.37. The van der Waals surface area contributed by atoms with Crippen LogP contribution in [-0.4, -0.2) is 17.0 Å². The molecule has 8 nitrogen and oxygen atoms in total. The fourth-order valence-electron chi connectivity index (χ4n) is 4.09. The van der Waals surface area contributed by atoms with E-state index in [-0.39, 0.29) is 27.4 Å². The number of hydrazine groups is 1. The lowest BCUT2D eigenvalue weighted by atomic mass is 9.93. The fraction of sp³-hybridized carbons (Fsp3) is 0. The SMILES string of the molecule is O=C(NNC=c1c(=O)ccc2c(-c3ccccc3C(=O)O)c3ccc(=O)cc3oc12)c1ccccc1. The van der Waals surface area contributed by atoms with E-state index in [0.717, 1.165) is 0 Å². The molecule has 4 aromatic carbocycles. The second kappa shape index (κ2) is 9.19. The molecule has 0 bridgehead atoms. The molecule has 0 spiro atoms. The van der Waals surface area contributed by atoms with Crippen molar-refractivity contribution in [3.05, 3.63) is 122 Å². The molecule has 5 aromatic rings. The van der Waals surface area contributed by atoms with Gasteiger partial charge in [0.05, 0.1) is 10.8 Å². The van der Waals surface area contributed by atoms with Gasteiger partial charge in [-0.1, -0.05) is 36.4 Å². The first-order chi connectivity index (χ1) is 17.4. The Bertz CT molecular complexity index is 1830. The molecule has 0 fully saturated rings. The van der Waals surface area contributed by atoms with Gasteiger partial charge in [-0.15, -0.1) is 0 Å². The summed E-state index contributed by atoms with van der Waals surface area (Å²) >= 11 is 0. The van der Waals surface area contributed by atoms with Crippen LogP contribution in [0.2, 0.25) is 0 Å². The van der Waals surface area contributed by atoms with Crippen molar-refractivity contribution in [1.82, 2.24) is 10.9 Å². The number of rotatable bonds is 5. The zero-order valence-corrected chi connectivity index (χ0v) is 18.6. The minimum Gasteiger partial charge on any atom is -0.478 e. The van der Waals surface area contributed by atoms with E-state index >= 15 is 0 Å². The number of carbonyl (C=O) groups excluding carboxylic acids is 1. The Morgan fingerprint density at radius 1 is 0.833 bits per heavy atom. The van der Waals surface area contributed by atoms with E-state index < -0.39 is 17.3 Å². The molecular formula is C28H18N2O6. The number of carbonyl (C=O) groups is 2. The Balaban J connectivity index is 1.75. The van der Waals surface area contributed by atoms with Gasteiger partial charge in [0.2, 0.25) is 0 Å². The van der Waals surface area contributed by atoms with Gasteiger partial charge in [0.1, 0.15) is 11.2 Å². The Morgan fingerprint density at radius 2 is 1.56 bits per heavy atom. The Kier molecular flexibility index (Phi) is 5.75. The number of amides is 1. The van der Waals surface area contributed by atoms with Crippen LogP contribution in [0.15, 0.2) is 98.9 Å². The topological polar surface area (TPSA) is 126 Å². The standard InChI is InChI=1S/C28H18N2O6/c31-17-10-11-20-24(14-17)36-26-21(25(20)18-8-4-5-9-19(18)28(34)35)12-13-23(32)22(26)15-29-30-27(33)16-6-2-1-3-7-16/h1-15,29H,(H,30,33)(H,34,35). The van der Waals surface area contributed by atoms with Crippen molar-refractivity contribution in [3.8, 4) is 11.1 Å². The average molecular weight is 478 g/mol. The first-order valence-corrected chi connectivity index (χ1v) is 10.9. The minimum atomic E-state index is -1.12. The molecule has 0 aliphatic rings. The van der Waals surface area contributed by atoms with Crippen molar-refractivity contribution in [2.24, 2.45) is 0 Å². The van der Waals surface area contributed by atoms with Crippen LogP contribution in [0.5, 0.6) is 0 Å². The fourth-order valence-corrected chi connectivity index (χ4v) is 4.09. The maximum atomic E-state index is 12.8. The van der Waals surface area contributed by atoms with Crippen LogP contribution in [-0.2, 0) is 0 Å². The highest BCUT2D eigenvalue weighted by molar-refractivity contribution is 6.11. The van der Waals surface area contributed by atoms with Crippen LogP contribution in [0.4, 0.5) is 0 Å². The summed E-state index contributed by atoms with van der Waals surface area (Å²) in [6.07, 6.45) is 1.30. The van der Waals surface area contributed by atoms with Gasteiger partial charge in [-0.3, -0.25) is 19.8 Å². The van der Waals surface area contributed by atoms with Crippen LogP contribution >= 0.6 is 0 Å². The summed E-state index contributed by atoms with van der Waals surface area (Å²) in [4.78, 5) is 49.2. The molecule has 0 unspecified atom stereocenters. The number of aromatic carboxylic acids is 1. The lowest BCUT2D eigenvalue weighted by molar-refractivity contribution is 0.0697. The van der Waals surface area contributed by atoms with E-state index in [1.54, 1.807) is 60.7 Å². The van der Waals surface area contributed by atoms with E-state index in [1.807, 2.05) is 0 Å². The van der Waals surface area contributed by atoms with Crippen molar-refractivity contribution in [1.29, 1.82) is 0 Å². The highest BCUT2D eigenvalue weighted by atomic mass is 16.4. The molecule has 0 saturated heterocycles. The van der Waals surface area contributed by atoms with Gasteiger partial charge in [0, 0.05) is 34.2 Å². The molecule has 0 saturated carbocycles. The number of carboxylic acids is 1. The molecule has 1 aromatic heterocycles. The zero-order chi connectivity index (χ0) is 25.2. The summed E-state index contributed by atoms with van der Waals surface area (Å²) in [5.74, 6) is -1.53. The second-order valence-corrected chi connectivity index (χ2v) is 7.95. The largest absolute Gasteiger partial charge is 0.478 e. The molecule has 1 heterocycles. The minimum absolute atomic E-state index is 0.0579. The second-order valence-electron chi connectivity index (χ2n) is 7.95. The number of carboxylic acid groups (broad SMARTS) is 1. The molecule has 3 N–H and O–H groups in total. The summed E-state index contributed by atoms with van der Waals surface area (Å²) in [5, 5.41) is 10.9. The summed E-state index contributed by atoms with van der Waals surface area (Å²) in [6.45, 7) is 0. The van der Waals surface area contributed by atoms with Gasteiger partial charge in [0.15, 0.2) is 10.9 Å². The number of hydrogen-bond donors (Lipinski definition) is 3. The molecule has 0 atom stereocenters. The quantitative estimate of drug-likeness (QED) is 0.262. The van der Waals surface area contributed by atoms with Gasteiger partial charge < -0.3 is 14.9 Å². The molecule has 0 aliphatic carbocycles. The predicted molar refractivity (Wildman–Crippen MR) is 135 cm³/mol. The smallest absolute Gasteiger partial charge is 0.336 e. The van der Waals surface area contributed by atoms with Crippen molar-refractivity contribution in [2.75, 3.05) is 0 Å². The Labute approximate surface area is 203 Å². The highest BCUT2D eigenvalue weighted by Crippen LogP contribution is 2.36. The molecule has 5 rings (SSSR count). The van der Waals surface area contributed by atoms with Crippen LogP contribution < -0.4 is 26.9 Å². The molecule has 176 valence electrons. The maximum absolute atomic E-state index is 12.8. The lowest BCUT2D eigenvalue weighted by Gasteiger charge is -2.13. The summed E-state index contributed by atoms with van der Waals surface area (Å²) in [5.41, 5.74) is 6.16. The molecule has 0 radical (unpaired) electrons. The van der Waals surface area contributed by atoms with Crippen LogP contribution in [0.1, 0.15) is 20.7 Å². The normalized spacial score (nSPS) is 11.5. The third kappa shape index (κ3) is 4.07. The van der Waals surface area contributed by atoms with E-state index in [4.69, 9.17) is 4.42 Å². The molecule has 36 heavy (non-hydrogen) atoms. The molecule has 0 aliphatic heterocycles. The van der Waals surface area contributed by atoms with Gasteiger partial charge >= 0.3 is 5.97 Å². The van der Waals surface area contributed by atoms with Crippen molar-refractivity contribution in [2.45, 2.75) is 0 Å². The van der Waals surface area contributed by atoms with Gasteiger partial charge in [-0.25, -0.2) is 4.79 Å². The average Bonchev–Trinajstić information content (AvgIpc) is 2.89. The molecule has 1 amide bonds. The summed E-state index contributed by atoms with van der Waals surface area (Å²) < 4.78 is 6.01. The van der Waals surface area contributed by atoms with Crippen molar-refractivity contribution in [3.63, 3.8) is 0 Å². The van der Waals surface area contributed by atoms with Gasteiger partial charge in [0.25, 0.3) is 5.91 Å². The first kappa shape index (κ1) is 22.5. The maximum Gasteiger partial charge on any atom is 0.336 e. The number of nitrogens with one attached hydrogen (secondary N) is 2.